The fraction of sp³-hybridized carbons (Fsp3) is 0.0286. The Morgan fingerprint density at radius 2 is 1.12 bits per heavy atom. The second-order valence-electron chi connectivity index (χ2n) is 8.47. The maximum Gasteiger partial charge on any atom is 0.335 e. The predicted molar refractivity (Wildman–Crippen MR) is 162 cm³/mol. The number of benzene rings is 3. The van der Waals surface area contributed by atoms with E-state index in [0.717, 1.165) is 24.3 Å². The van der Waals surface area contributed by atoms with Crippen LogP contribution >= 0.6 is 0 Å². The molecular weight excluding hydrogens is 548 g/mol. The van der Waals surface area contributed by atoms with Crippen LogP contribution in [0, 0.1) is 18.8 Å². The first-order valence-corrected chi connectivity index (χ1v) is 12.6. The number of esters is 4. The van der Waals surface area contributed by atoms with E-state index in [-0.39, 0.29) is 17.1 Å². The molecule has 0 N–H and O–H groups in total. The van der Waals surface area contributed by atoms with Crippen molar-refractivity contribution in [2.75, 3.05) is 0 Å². The molecule has 0 spiro atoms. The van der Waals surface area contributed by atoms with E-state index in [2.05, 4.69) is 38.2 Å². The first-order chi connectivity index (χ1) is 20.7. The van der Waals surface area contributed by atoms with Gasteiger partial charge in [0.25, 0.3) is 0 Å². The van der Waals surface area contributed by atoms with Gasteiger partial charge in [-0.3, -0.25) is 0 Å². The van der Waals surface area contributed by atoms with Crippen molar-refractivity contribution in [3.05, 3.63) is 133 Å². The largest absolute Gasteiger partial charge is 0.423 e. The molecule has 0 bridgehead atoms. The first kappa shape index (κ1) is 31.3. The summed E-state index contributed by atoms with van der Waals surface area (Å²) in [6.45, 7) is 15.3. The van der Waals surface area contributed by atoms with Gasteiger partial charge < -0.3 is 18.9 Å². The third-order valence-corrected chi connectivity index (χ3v) is 5.57. The van der Waals surface area contributed by atoms with Gasteiger partial charge in [0, 0.05) is 41.0 Å². The zero-order valence-corrected chi connectivity index (χ0v) is 23.3. The van der Waals surface area contributed by atoms with Crippen molar-refractivity contribution in [1.29, 1.82) is 0 Å². The molecule has 8 nitrogen and oxygen atoms in total. The van der Waals surface area contributed by atoms with Gasteiger partial charge in [-0.15, -0.1) is 0 Å². The van der Waals surface area contributed by atoms with Crippen LogP contribution in [-0.4, -0.2) is 23.9 Å². The highest BCUT2D eigenvalue weighted by molar-refractivity contribution is 5.89. The number of hydrogen-bond acceptors (Lipinski definition) is 8. The summed E-state index contributed by atoms with van der Waals surface area (Å²) in [7, 11) is 0. The molecule has 3 rings (SSSR count). The van der Waals surface area contributed by atoms with Crippen molar-refractivity contribution < 1.29 is 38.1 Å². The van der Waals surface area contributed by atoms with Gasteiger partial charge in [0.15, 0.2) is 0 Å². The lowest BCUT2D eigenvalue weighted by atomic mass is 10.0. The third-order valence-electron chi connectivity index (χ3n) is 5.57. The van der Waals surface area contributed by atoms with E-state index in [1.807, 2.05) is 0 Å². The van der Waals surface area contributed by atoms with Crippen molar-refractivity contribution in [2.24, 2.45) is 0 Å². The van der Waals surface area contributed by atoms with E-state index in [9.17, 15) is 19.2 Å². The van der Waals surface area contributed by atoms with Gasteiger partial charge in [-0.1, -0.05) is 56.4 Å². The fourth-order valence-electron chi connectivity index (χ4n) is 3.44. The zero-order valence-electron chi connectivity index (χ0n) is 23.3. The molecule has 0 aliphatic carbocycles. The van der Waals surface area contributed by atoms with Crippen LogP contribution < -0.4 is 18.9 Å². The highest BCUT2D eigenvalue weighted by Crippen LogP contribution is 2.37. The molecule has 0 saturated heterocycles. The Morgan fingerprint density at radius 1 is 0.628 bits per heavy atom. The van der Waals surface area contributed by atoms with Gasteiger partial charge in [-0.05, 0) is 61.0 Å². The van der Waals surface area contributed by atoms with Crippen molar-refractivity contribution in [2.45, 2.75) is 6.92 Å². The average Bonchev–Trinajstić information content (AvgIpc) is 3.02. The summed E-state index contributed by atoms with van der Waals surface area (Å²) in [6, 6.07) is 14.6. The third kappa shape index (κ3) is 8.90. The average molecular weight is 575 g/mol. The van der Waals surface area contributed by atoms with E-state index in [1.165, 1.54) is 0 Å². The maximum absolute atomic E-state index is 12.3. The zero-order chi connectivity index (χ0) is 31.4. The Bertz CT molecular complexity index is 1700. The molecule has 0 unspecified atom stereocenters. The van der Waals surface area contributed by atoms with Crippen LogP contribution in [0.5, 0.6) is 23.0 Å². The van der Waals surface area contributed by atoms with Crippen LogP contribution in [0.3, 0.4) is 0 Å². The highest BCUT2D eigenvalue weighted by Gasteiger charge is 2.19. The molecule has 3 aromatic rings. The lowest BCUT2D eigenvalue weighted by Crippen LogP contribution is -2.10. The summed E-state index contributed by atoms with van der Waals surface area (Å²) in [5.41, 5.74) is 2.47. The van der Waals surface area contributed by atoms with Crippen LogP contribution in [0.4, 0.5) is 0 Å². The van der Waals surface area contributed by atoms with Crippen LogP contribution in [0.15, 0.2) is 105 Å². The Labute approximate surface area is 248 Å². The predicted octanol–water partition coefficient (Wildman–Crippen LogP) is 5.93. The lowest BCUT2D eigenvalue weighted by molar-refractivity contribution is -0.130. The molecule has 0 heterocycles. The molecule has 8 heteroatoms. The summed E-state index contributed by atoms with van der Waals surface area (Å²) in [5.74, 6) is 4.17. The summed E-state index contributed by atoms with van der Waals surface area (Å²) < 4.78 is 21.3. The van der Waals surface area contributed by atoms with E-state index in [0.29, 0.717) is 33.8 Å². The number of ether oxygens (including phenoxy) is 4. The van der Waals surface area contributed by atoms with Crippen LogP contribution in [0.1, 0.15) is 27.8 Å². The standard InChI is InChI=1S/C35H26O8/c1-6-31(36)40-27-17-11-24(12-18-27)10-16-26-22-30(42-33(38)8-3)29(35(23(26)5)43-34(39)9-4)21-15-25-13-19-28(20-14-25)41-32(37)7-2/h6-9,11-15,17-22H,1-4H2,5H3/b21-15+. The number of hydrogen-bond donors (Lipinski definition) is 0. The SMILES string of the molecule is C=CC(=O)Oc1ccc(C#Cc2cc(OC(=O)C=C)c(/C=C/c3ccc(OC(=O)C=C)cc3)c(OC(=O)C=C)c2C)cc1. The second-order valence-corrected chi connectivity index (χ2v) is 8.47. The first-order valence-electron chi connectivity index (χ1n) is 12.6. The molecule has 0 aliphatic rings. The van der Waals surface area contributed by atoms with Gasteiger partial charge in [0.2, 0.25) is 0 Å². The van der Waals surface area contributed by atoms with Gasteiger partial charge in [0.1, 0.15) is 23.0 Å². The molecule has 0 atom stereocenters. The van der Waals surface area contributed by atoms with Gasteiger partial charge in [-0.2, -0.15) is 0 Å². The van der Waals surface area contributed by atoms with Crippen LogP contribution in [0.25, 0.3) is 12.2 Å². The maximum atomic E-state index is 12.3. The molecular formula is C35H26O8. The molecule has 0 fully saturated rings. The minimum atomic E-state index is -0.739. The van der Waals surface area contributed by atoms with Crippen molar-refractivity contribution in [3.8, 4) is 34.8 Å². The minimum absolute atomic E-state index is 0.0612. The highest BCUT2D eigenvalue weighted by atomic mass is 16.6. The van der Waals surface area contributed by atoms with Crippen LogP contribution in [0.2, 0.25) is 0 Å². The smallest absolute Gasteiger partial charge is 0.335 e. The van der Waals surface area contributed by atoms with Crippen molar-refractivity contribution in [3.63, 3.8) is 0 Å². The molecule has 0 amide bonds. The van der Waals surface area contributed by atoms with Crippen LogP contribution in [-0.2, 0) is 19.2 Å². The Morgan fingerprint density at radius 3 is 1.65 bits per heavy atom. The summed E-state index contributed by atoms with van der Waals surface area (Å²) in [6.07, 6.45) is 7.42. The lowest BCUT2D eigenvalue weighted by Gasteiger charge is -2.15. The van der Waals surface area contributed by atoms with Gasteiger partial charge in [0.05, 0.1) is 5.56 Å². The van der Waals surface area contributed by atoms with E-state index >= 15 is 0 Å². The Balaban J connectivity index is 2.08. The van der Waals surface area contributed by atoms with E-state index < -0.39 is 23.9 Å². The number of carbonyl (C=O) groups excluding carboxylic acids is 4. The van der Waals surface area contributed by atoms with E-state index in [1.54, 1.807) is 73.7 Å². The normalized spacial score (nSPS) is 9.98. The summed E-state index contributed by atoms with van der Waals surface area (Å²) >= 11 is 0. The minimum Gasteiger partial charge on any atom is -0.423 e. The second kappa shape index (κ2) is 15.0. The molecule has 214 valence electrons. The van der Waals surface area contributed by atoms with Crippen molar-refractivity contribution in [1.82, 2.24) is 0 Å². The molecule has 0 radical (unpaired) electrons. The summed E-state index contributed by atoms with van der Waals surface area (Å²) in [4.78, 5) is 47.4. The molecule has 3 aromatic carbocycles. The Kier molecular flexibility index (Phi) is 10.9. The fourth-order valence-corrected chi connectivity index (χ4v) is 3.44. The van der Waals surface area contributed by atoms with Gasteiger partial charge in [-0.25, -0.2) is 19.2 Å². The number of rotatable bonds is 10. The molecule has 0 aromatic heterocycles. The van der Waals surface area contributed by atoms with Crippen molar-refractivity contribution >= 4 is 36.0 Å². The number of carbonyl (C=O) groups is 4. The molecule has 0 aliphatic heterocycles. The quantitative estimate of drug-likeness (QED) is 0.0965. The van der Waals surface area contributed by atoms with Gasteiger partial charge >= 0.3 is 23.9 Å². The topological polar surface area (TPSA) is 105 Å². The Hall–Kier alpha value is -6.20. The summed E-state index contributed by atoms with van der Waals surface area (Å²) in [5, 5.41) is 0. The monoisotopic (exact) mass is 574 g/mol. The molecule has 0 saturated carbocycles. The van der Waals surface area contributed by atoms with E-state index in [4.69, 9.17) is 18.9 Å². The molecule has 43 heavy (non-hydrogen) atoms.